The molecular formula is C21H26N6O5. The van der Waals surface area contributed by atoms with E-state index in [2.05, 4.69) is 22.0 Å². The van der Waals surface area contributed by atoms with Crippen LogP contribution in [0.4, 0.5) is 10.5 Å². The Kier molecular flexibility index (Phi) is 7.86. The summed E-state index contributed by atoms with van der Waals surface area (Å²) in [6, 6.07) is 1.69. The van der Waals surface area contributed by atoms with Crippen LogP contribution in [0.25, 0.3) is 0 Å². The van der Waals surface area contributed by atoms with Gasteiger partial charge in [-0.15, -0.1) is 12.3 Å². The van der Waals surface area contributed by atoms with Crippen LogP contribution in [0.1, 0.15) is 39.7 Å². The maximum absolute atomic E-state index is 12.9. The Morgan fingerprint density at radius 2 is 2.16 bits per heavy atom. The first-order valence-corrected chi connectivity index (χ1v) is 9.96. The molecule has 11 heteroatoms. The fourth-order valence-electron chi connectivity index (χ4n) is 3.05. The standard InChI is InChI=1S/C21H26N6O5/c1-5-7-16(18(29)25-26(13-22)12-14-9-10-23-17(14)28)27-11-6-8-15(19(27)30)24-20(31)32-21(2,3)4/h1,6,8,11,14,16H,7,9-10,12H2,2-4H3,(H,23,28)(H,24,31)(H,25,29)/t14-,16-/m0/s1. The van der Waals surface area contributed by atoms with Gasteiger partial charge < -0.3 is 14.6 Å². The van der Waals surface area contributed by atoms with Crippen LogP contribution in [-0.4, -0.2) is 46.2 Å². The van der Waals surface area contributed by atoms with Crippen molar-refractivity contribution < 1.29 is 19.1 Å². The summed E-state index contributed by atoms with van der Waals surface area (Å²) in [6.45, 7) is 5.53. The number of hydrogen-bond donors (Lipinski definition) is 3. The highest BCUT2D eigenvalue weighted by Crippen LogP contribution is 2.14. The number of terminal acetylenes is 1. The second kappa shape index (κ2) is 10.4. The van der Waals surface area contributed by atoms with Crippen molar-refractivity contribution in [3.05, 3.63) is 28.7 Å². The average Bonchev–Trinajstić information content (AvgIpc) is 3.10. The lowest BCUT2D eigenvalue weighted by Gasteiger charge is -2.24. The summed E-state index contributed by atoms with van der Waals surface area (Å²) >= 11 is 0. The normalized spacial score (nSPS) is 16.2. The number of nitriles is 1. The summed E-state index contributed by atoms with van der Waals surface area (Å²) in [5.74, 6) is 0.993. The summed E-state index contributed by atoms with van der Waals surface area (Å²) < 4.78 is 6.22. The zero-order chi connectivity index (χ0) is 23.9. The molecule has 1 fully saturated rings. The highest BCUT2D eigenvalue weighted by Gasteiger charge is 2.29. The summed E-state index contributed by atoms with van der Waals surface area (Å²) in [4.78, 5) is 49.5. The van der Waals surface area contributed by atoms with Crippen molar-refractivity contribution >= 4 is 23.6 Å². The molecule has 3 amide bonds. The van der Waals surface area contributed by atoms with E-state index in [4.69, 9.17) is 11.2 Å². The number of amides is 3. The highest BCUT2D eigenvalue weighted by atomic mass is 16.6. The number of carbonyl (C=O) groups is 3. The van der Waals surface area contributed by atoms with Crippen LogP contribution in [0.5, 0.6) is 0 Å². The first-order valence-electron chi connectivity index (χ1n) is 9.96. The van der Waals surface area contributed by atoms with Gasteiger partial charge in [-0.3, -0.25) is 25.1 Å². The van der Waals surface area contributed by atoms with Gasteiger partial charge in [-0.2, -0.15) is 5.26 Å². The Morgan fingerprint density at radius 1 is 1.44 bits per heavy atom. The van der Waals surface area contributed by atoms with E-state index in [0.29, 0.717) is 13.0 Å². The lowest BCUT2D eigenvalue weighted by atomic mass is 10.1. The zero-order valence-corrected chi connectivity index (χ0v) is 18.2. The van der Waals surface area contributed by atoms with E-state index >= 15 is 0 Å². The smallest absolute Gasteiger partial charge is 0.412 e. The molecule has 0 saturated carbocycles. The number of carbonyl (C=O) groups excluding carboxylic acids is 3. The van der Waals surface area contributed by atoms with Crippen molar-refractivity contribution in [2.24, 2.45) is 5.92 Å². The molecular weight excluding hydrogens is 416 g/mol. The largest absolute Gasteiger partial charge is 0.444 e. The van der Waals surface area contributed by atoms with Crippen molar-refractivity contribution in [2.75, 3.05) is 18.4 Å². The third-order valence-corrected chi connectivity index (χ3v) is 4.49. The molecule has 1 saturated heterocycles. The SMILES string of the molecule is C#CC[C@@H](C(=O)NN(C#N)C[C@@H]1CCNC1=O)n1cccc(NC(=O)OC(C)(C)C)c1=O. The lowest BCUT2D eigenvalue weighted by molar-refractivity contribution is -0.129. The van der Waals surface area contributed by atoms with Crippen LogP contribution in [0, 0.1) is 29.7 Å². The summed E-state index contributed by atoms with van der Waals surface area (Å²) in [5, 5.41) is 15.3. The van der Waals surface area contributed by atoms with Gasteiger partial charge in [-0.25, -0.2) is 9.80 Å². The van der Waals surface area contributed by atoms with Crippen LogP contribution in [0.15, 0.2) is 23.1 Å². The third kappa shape index (κ3) is 6.51. The van der Waals surface area contributed by atoms with Crippen LogP contribution in [-0.2, 0) is 14.3 Å². The quantitative estimate of drug-likeness (QED) is 0.244. The van der Waals surface area contributed by atoms with Crippen molar-refractivity contribution in [2.45, 2.75) is 45.3 Å². The minimum atomic E-state index is -1.15. The summed E-state index contributed by atoms with van der Waals surface area (Å²) in [6.07, 6.45) is 8.12. The molecule has 0 aliphatic carbocycles. The summed E-state index contributed by atoms with van der Waals surface area (Å²) in [7, 11) is 0. The molecule has 170 valence electrons. The molecule has 1 aromatic rings. The van der Waals surface area contributed by atoms with E-state index in [0.717, 1.165) is 9.58 Å². The molecule has 1 aliphatic rings. The van der Waals surface area contributed by atoms with Gasteiger partial charge in [0.2, 0.25) is 5.91 Å². The Morgan fingerprint density at radius 3 is 2.72 bits per heavy atom. The minimum Gasteiger partial charge on any atom is -0.444 e. The molecule has 2 heterocycles. The van der Waals surface area contributed by atoms with Crippen LogP contribution in [0.2, 0.25) is 0 Å². The Bertz CT molecular complexity index is 1010. The number of hydrogen-bond acceptors (Lipinski definition) is 7. The maximum Gasteiger partial charge on any atom is 0.412 e. The molecule has 1 aliphatic heterocycles. The number of aromatic nitrogens is 1. The monoisotopic (exact) mass is 442 g/mol. The van der Waals surface area contributed by atoms with Crippen LogP contribution >= 0.6 is 0 Å². The Hall–Kier alpha value is -3.99. The number of anilines is 1. The predicted molar refractivity (Wildman–Crippen MR) is 115 cm³/mol. The average molecular weight is 442 g/mol. The van der Waals surface area contributed by atoms with Crippen LogP contribution < -0.4 is 21.6 Å². The number of ether oxygens (including phenoxy) is 1. The van der Waals surface area contributed by atoms with Gasteiger partial charge in [-0.1, -0.05) is 0 Å². The van der Waals surface area contributed by atoms with E-state index in [-0.39, 0.29) is 24.6 Å². The van der Waals surface area contributed by atoms with Gasteiger partial charge in [0.05, 0.1) is 12.5 Å². The van der Waals surface area contributed by atoms with Gasteiger partial charge in [0.25, 0.3) is 11.5 Å². The number of rotatable bonds is 7. The van der Waals surface area contributed by atoms with Gasteiger partial charge in [0.1, 0.15) is 17.3 Å². The predicted octanol–water partition coefficient (Wildman–Crippen LogP) is 0.710. The van der Waals surface area contributed by atoms with Crippen molar-refractivity contribution in [1.82, 2.24) is 20.3 Å². The molecule has 2 rings (SSSR count). The molecule has 0 aromatic carbocycles. The molecule has 2 atom stereocenters. The van der Waals surface area contributed by atoms with Crippen molar-refractivity contribution in [3.63, 3.8) is 0 Å². The zero-order valence-electron chi connectivity index (χ0n) is 18.2. The Balaban J connectivity index is 2.20. The molecule has 0 bridgehead atoms. The van der Waals surface area contributed by atoms with E-state index in [1.54, 1.807) is 20.8 Å². The van der Waals surface area contributed by atoms with Crippen molar-refractivity contribution in [3.8, 4) is 18.5 Å². The number of nitrogens with one attached hydrogen (secondary N) is 3. The number of hydrazine groups is 1. The lowest BCUT2D eigenvalue weighted by Crippen LogP contribution is -2.47. The van der Waals surface area contributed by atoms with Crippen LogP contribution in [0.3, 0.4) is 0 Å². The third-order valence-electron chi connectivity index (χ3n) is 4.49. The van der Waals surface area contributed by atoms with E-state index in [9.17, 15) is 24.4 Å². The molecule has 0 spiro atoms. The fourth-order valence-corrected chi connectivity index (χ4v) is 3.05. The van der Waals surface area contributed by atoms with Gasteiger partial charge in [-0.05, 0) is 39.3 Å². The Labute approximate surface area is 185 Å². The fraction of sp³-hybridized carbons (Fsp3) is 0.476. The first kappa shape index (κ1) is 24.3. The summed E-state index contributed by atoms with van der Waals surface area (Å²) in [5.41, 5.74) is 0.865. The topological polar surface area (TPSA) is 146 Å². The second-order valence-electron chi connectivity index (χ2n) is 8.15. The molecule has 3 N–H and O–H groups in total. The van der Waals surface area contributed by atoms with Gasteiger partial charge in [0.15, 0.2) is 6.19 Å². The highest BCUT2D eigenvalue weighted by molar-refractivity contribution is 5.85. The van der Waals surface area contributed by atoms with E-state index < -0.39 is 35.1 Å². The van der Waals surface area contributed by atoms with E-state index in [1.165, 1.54) is 18.3 Å². The second-order valence-corrected chi connectivity index (χ2v) is 8.15. The van der Waals surface area contributed by atoms with Crippen molar-refractivity contribution in [1.29, 1.82) is 5.26 Å². The minimum absolute atomic E-state index is 0.00795. The molecule has 0 radical (unpaired) electrons. The molecule has 11 nitrogen and oxygen atoms in total. The first-order chi connectivity index (χ1) is 15.1. The van der Waals surface area contributed by atoms with Gasteiger partial charge >= 0.3 is 6.09 Å². The maximum atomic E-state index is 12.9. The van der Waals surface area contributed by atoms with E-state index in [1.807, 2.05) is 6.19 Å². The number of pyridine rings is 1. The molecule has 32 heavy (non-hydrogen) atoms. The number of nitrogens with zero attached hydrogens (tertiary/aromatic N) is 3. The molecule has 0 unspecified atom stereocenters. The molecule has 1 aromatic heterocycles. The van der Waals surface area contributed by atoms with Gasteiger partial charge in [0, 0.05) is 19.2 Å².